The number of fused-ring (bicyclic) bond motifs is 1. The Morgan fingerprint density at radius 2 is 1.94 bits per heavy atom. The number of unbranched alkanes of at least 4 members (excludes halogenated alkanes) is 1. The first-order valence-electron chi connectivity index (χ1n) is 12.0. The maximum atomic E-state index is 13.7. The van der Waals surface area contributed by atoms with Crippen LogP contribution in [0.3, 0.4) is 0 Å². The highest BCUT2D eigenvalue weighted by molar-refractivity contribution is 7.10. The van der Waals surface area contributed by atoms with E-state index in [1.807, 2.05) is 30.9 Å². The number of amides is 2. The van der Waals surface area contributed by atoms with Gasteiger partial charge in [-0.3, -0.25) is 19.7 Å². The minimum atomic E-state index is -0.612. The molecule has 0 saturated carbocycles. The van der Waals surface area contributed by atoms with E-state index in [0.29, 0.717) is 19.5 Å². The molecule has 1 aliphatic rings. The summed E-state index contributed by atoms with van der Waals surface area (Å²) < 4.78 is 0. The summed E-state index contributed by atoms with van der Waals surface area (Å²) in [5.74, 6) is -0.568. The number of carbonyl (C=O) groups excluding carboxylic acids is 2. The van der Waals surface area contributed by atoms with Crippen LogP contribution < -0.4 is 0 Å². The number of hydrogen-bond acceptors (Lipinski definition) is 5. The van der Waals surface area contributed by atoms with Crippen molar-refractivity contribution >= 4 is 40.4 Å². The standard InChI is InChI=1S/C27H28ClN3O4S/c1-3-4-13-29(27(33)20-9-10-22(28)23(16-20)31(34)35)17-25(32)30-14-11-24-21(12-15-36-24)26(30)19-7-5-18(2)6-8-19/h5-10,12,15-16,26H,3-4,11,13-14,17H2,1-2H3. The Morgan fingerprint density at radius 1 is 1.19 bits per heavy atom. The first-order valence-corrected chi connectivity index (χ1v) is 13.2. The molecule has 188 valence electrons. The summed E-state index contributed by atoms with van der Waals surface area (Å²) in [6, 6.07) is 14.1. The number of hydrogen-bond donors (Lipinski definition) is 0. The summed E-state index contributed by atoms with van der Waals surface area (Å²) >= 11 is 7.64. The van der Waals surface area contributed by atoms with Gasteiger partial charge in [0, 0.05) is 29.6 Å². The highest BCUT2D eigenvalue weighted by Crippen LogP contribution is 2.38. The maximum Gasteiger partial charge on any atom is 0.288 e. The zero-order valence-electron chi connectivity index (χ0n) is 20.3. The SMILES string of the molecule is CCCCN(CC(=O)N1CCc2sccc2C1c1ccc(C)cc1)C(=O)c1ccc(Cl)c([N+](=O)[O-])c1. The highest BCUT2D eigenvalue weighted by atomic mass is 35.5. The van der Waals surface area contributed by atoms with E-state index in [9.17, 15) is 19.7 Å². The predicted octanol–water partition coefficient (Wildman–Crippen LogP) is 6.03. The second kappa shape index (κ2) is 11.2. The molecule has 4 rings (SSSR count). The number of benzene rings is 2. The second-order valence-electron chi connectivity index (χ2n) is 8.95. The molecule has 0 N–H and O–H groups in total. The highest BCUT2D eigenvalue weighted by Gasteiger charge is 2.34. The largest absolute Gasteiger partial charge is 0.330 e. The van der Waals surface area contributed by atoms with Gasteiger partial charge in [-0.15, -0.1) is 11.3 Å². The Bertz CT molecular complexity index is 1270. The van der Waals surface area contributed by atoms with Crippen LogP contribution in [-0.4, -0.2) is 46.2 Å². The van der Waals surface area contributed by atoms with Gasteiger partial charge in [0.15, 0.2) is 0 Å². The van der Waals surface area contributed by atoms with Crippen molar-refractivity contribution in [2.24, 2.45) is 0 Å². The average molecular weight is 526 g/mol. The van der Waals surface area contributed by atoms with Crippen LogP contribution in [0.15, 0.2) is 53.9 Å². The number of nitro benzene ring substituents is 1. The van der Waals surface area contributed by atoms with Crippen molar-refractivity contribution in [2.45, 2.75) is 39.2 Å². The van der Waals surface area contributed by atoms with E-state index in [4.69, 9.17) is 11.6 Å². The summed E-state index contributed by atoms with van der Waals surface area (Å²) in [4.78, 5) is 42.5. The lowest BCUT2D eigenvalue weighted by Gasteiger charge is -2.37. The molecular formula is C27H28ClN3O4S. The monoisotopic (exact) mass is 525 g/mol. The predicted molar refractivity (Wildman–Crippen MR) is 142 cm³/mol. The Balaban J connectivity index is 1.62. The van der Waals surface area contributed by atoms with E-state index < -0.39 is 10.8 Å². The molecule has 9 heteroatoms. The fourth-order valence-electron chi connectivity index (χ4n) is 4.52. The van der Waals surface area contributed by atoms with E-state index in [1.165, 1.54) is 28.0 Å². The van der Waals surface area contributed by atoms with Crippen LogP contribution >= 0.6 is 22.9 Å². The third-order valence-electron chi connectivity index (χ3n) is 6.46. The van der Waals surface area contributed by atoms with Gasteiger partial charge in [0.1, 0.15) is 11.6 Å². The van der Waals surface area contributed by atoms with Crippen LogP contribution in [0.2, 0.25) is 5.02 Å². The van der Waals surface area contributed by atoms with Gasteiger partial charge in [0.05, 0.1) is 11.0 Å². The molecule has 1 aromatic heterocycles. The van der Waals surface area contributed by atoms with Crippen molar-refractivity contribution in [1.82, 2.24) is 9.80 Å². The molecule has 0 spiro atoms. The molecule has 0 bridgehead atoms. The lowest BCUT2D eigenvalue weighted by Crippen LogP contribution is -2.47. The molecule has 1 aliphatic heterocycles. The summed E-state index contributed by atoms with van der Waals surface area (Å²) in [6.45, 7) is 4.88. The minimum absolute atomic E-state index is 0.0337. The van der Waals surface area contributed by atoms with Crippen LogP contribution in [0.4, 0.5) is 5.69 Å². The Hall–Kier alpha value is -3.23. The third kappa shape index (κ3) is 5.44. The number of nitrogens with zero attached hydrogens (tertiary/aromatic N) is 3. The normalized spacial score (nSPS) is 14.9. The van der Waals surface area contributed by atoms with Gasteiger partial charge in [0.25, 0.3) is 11.6 Å². The quantitative estimate of drug-likeness (QED) is 0.265. The first kappa shape index (κ1) is 25.9. The van der Waals surface area contributed by atoms with Gasteiger partial charge in [-0.2, -0.15) is 0 Å². The number of nitro groups is 1. The van der Waals surface area contributed by atoms with Crippen LogP contribution in [0.1, 0.15) is 57.7 Å². The Morgan fingerprint density at radius 3 is 2.64 bits per heavy atom. The Labute approximate surface area is 219 Å². The van der Waals surface area contributed by atoms with E-state index in [-0.39, 0.29) is 34.8 Å². The van der Waals surface area contributed by atoms with Crippen molar-refractivity contribution in [3.05, 3.63) is 96.2 Å². The molecule has 3 aromatic rings. The summed E-state index contributed by atoms with van der Waals surface area (Å²) in [6.07, 6.45) is 2.32. The smallest absolute Gasteiger partial charge is 0.288 e. The molecule has 36 heavy (non-hydrogen) atoms. The van der Waals surface area contributed by atoms with Crippen molar-refractivity contribution in [1.29, 1.82) is 0 Å². The summed E-state index contributed by atoms with van der Waals surface area (Å²) in [7, 11) is 0. The molecule has 2 amide bonds. The maximum absolute atomic E-state index is 13.7. The number of rotatable bonds is 8. The van der Waals surface area contributed by atoms with Gasteiger partial charge < -0.3 is 9.80 Å². The van der Waals surface area contributed by atoms with Gasteiger partial charge in [-0.1, -0.05) is 54.8 Å². The van der Waals surface area contributed by atoms with E-state index >= 15 is 0 Å². The van der Waals surface area contributed by atoms with Gasteiger partial charge >= 0.3 is 0 Å². The minimum Gasteiger partial charge on any atom is -0.330 e. The number of carbonyl (C=O) groups is 2. The van der Waals surface area contributed by atoms with Crippen molar-refractivity contribution in [3.63, 3.8) is 0 Å². The zero-order valence-corrected chi connectivity index (χ0v) is 21.8. The molecular weight excluding hydrogens is 498 g/mol. The van der Waals surface area contributed by atoms with E-state index in [1.54, 1.807) is 11.3 Å². The van der Waals surface area contributed by atoms with Gasteiger partial charge in [0.2, 0.25) is 5.91 Å². The van der Waals surface area contributed by atoms with E-state index in [2.05, 4.69) is 23.6 Å². The molecule has 0 fully saturated rings. The fourth-order valence-corrected chi connectivity index (χ4v) is 5.61. The molecule has 2 aromatic carbocycles. The summed E-state index contributed by atoms with van der Waals surface area (Å²) in [5, 5.41) is 13.4. The van der Waals surface area contributed by atoms with Gasteiger partial charge in [-0.25, -0.2) is 0 Å². The molecule has 7 nitrogen and oxygen atoms in total. The average Bonchev–Trinajstić information content (AvgIpc) is 3.35. The van der Waals surface area contributed by atoms with Crippen molar-refractivity contribution < 1.29 is 14.5 Å². The lowest BCUT2D eigenvalue weighted by atomic mass is 9.92. The lowest BCUT2D eigenvalue weighted by molar-refractivity contribution is -0.384. The fraction of sp³-hybridized carbons (Fsp3) is 0.333. The Kier molecular flexibility index (Phi) is 8.06. The topological polar surface area (TPSA) is 83.8 Å². The number of halogens is 1. The molecule has 0 aliphatic carbocycles. The van der Waals surface area contributed by atoms with Crippen molar-refractivity contribution in [2.75, 3.05) is 19.6 Å². The van der Waals surface area contributed by atoms with Crippen LogP contribution in [0, 0.1) is 17.0 Å². The molecule has 0 saturated heterocycles. The molecule has 2 heterocycles. The van der Waals surface area contributed by atoms with Crippen LogP contribution in [0.25, 0.3) is 0 Å². The zero-order chi connectivity index (χ0) is 25.8. The van der Waals surface area contributed by atoms with Crippen LogP contribution in [0.5, 0.6) is 0 Å². The van der Waals surface area contributed by atoms with Crippen molar-refractivity contribution in [3.8, 4) is 0 Å². The number of aryl methyl sites for hydroxylation is 1. The molecule has 1 unspecified atom stereocenters. The number of thiophene rings is 1. The van der Waals surface area contributed by atoms with Crippen LogP contribution in [-0.2, 0) is 11.2 Å². The molecule has 1 atom stereocenters. The molecule has 0 radical (unpaired) electrons. The third-order valence-corrected chi connectivity index (χ3v) is 7.78. The van der Waals surface area contributed by atoms with Gasteiger partial charge in [-0.05, 0) is 54.5 Å². The second-order valence-corrected chi connectivity index (χ2v) is 10.4. The summed E-state index contributed by atoms with van der Waals surface area (Å²) in [5.41, 5.74) is 3.12. The van der Waals surface area contributed by atoms with E-state index in [0.717, 1.165) is 29.5 Å². The first-order chi connectivity index (χ1) is 17.3.